The van der Waals surface area contributed by atoms with Gasteiger partial charge in [0.25, 0.3) is 0 Å². The van der Waals surface area contributed by atoms with E-state index in [0.29, 0.717) is 19.7 Å². The minimum Gasteiger partial charge on any atom is -0.486 e. The second-order valence-corrected chi connectivity index (χ2v) is 8.39. The molecule has 2 aliphatic rings. The minimum absolute atomic E-state index is 0.0607. The van der Waals surface area contributed by atoms with Gasteiger partial charge in [0, 0.05) is 18.0 Å². The molecule has 2 aromatic rings. The number of carbonyl (C=O) groups is 1. The highest BCUT2D eigenvalue weighted by molar-refractivity contribution is 7.10. The van der Waals surface area contributed by atoms with Gasteiger partial charge in [-0.25, -0.2) is 0 Å². The molecule has 1 amide bonds. The number of ether oxygens (including phenoxy) is 2. The number of fused-ring (bicyclic) bond motifs is 2. The molecule has 28 heavy (non-hydrogen) atoms. The van der Waals surface area contributed by atoms with Gasteiger partial charge in [-0.3, -0.25) is 9.69 Å². The molecule has 2 atom stereocenters. The lowest BCUT2D eigenvalue weighted by molar-refractivity contribution is -0.135. The molecule has 150 valence electrons. The molecule has 0 aliphatic carbocycles. The summed E-state index contributed by atoms with van der Waals surface area (Å²) in [6, 6.07) is 10.2. The van der Waals surface area contributed by atoms with Gasteiger partial charge in [0.2, 0.25) is 5.91 Å². The summed E-state index contributed by atoms with van der Waals surface area (Å²) in [5, 5.41) is 2.15. The van der Waals surface area contributed by atoms with Crippen LogP contribution in [0.4, 0.5) is 0 Å². The van der Waals surface area contributed by atoms with Crippen molar-refractivity contribution in [2.45, 2.75) is 38.8 Å². The van der Waals surface area contributed by atoms with Crippen LogP contribution >= 0.6 is 11.3 Å². The van der Waals surface area contributed by atoms with Gasteiger partial charge in [0.1, 0.15) is 12.7 Å². The number of rotatable bonds is 6. The zero-order chi connectivity index (χ0) is 19.5. The molecule has 0 N–H and O–H groups in total. The number of para-hydroxylation sites is 2. The first kappa shape index (κ1) is 19.3. The first-order valence-electron chi connectivity index (χ1n) is 10.2. The van der Waals surface area contributed by atoms with Crippen molar-refractivity contribution in [3.8, 4) is 11.5 Å². The van der Waals surface area contributed by atoms with Crippen LogP contribution < -0.4 is 9.47 Å². The van der Waals surface area contributed by atoms with Crippen molar-refractivity contribution in [2.75, 3.05) is 32.8 Å². The number of thiophene rings is 1. The maximum absolute atomic E-state index is 13.1. The van der Waals surface area contributed by atoms with Gasteiger partial charge in [-0.05, 0) is 48.5 Å². The van der Waals surface area contributed by atoms with Gasteiger partial charge >= 0.3 is 0 Å². The number of benzene rings is 1. The van der Waals surface area contributed by atoms with Gasteiger partial charge < -0.3 is 14.4 Å². The Morgan fingerprint density at radius 1 is 1.25 bits per heavy atom. The van der Waals surface area contributed by atoms with Crippen molar-refractivity contribution in [2.24, 2.45) is 0 Å². The highest BCUT2D eigenvalue weighted by atomic mass is 32.1. The highest BCUT2D eigenvalue weighted by Crippen LogP contribution is 2.35. The smallest absolute Gasteiger partial charge is 0.237 e. The van der Waals surface area contributed by atoms with E-state index in [9.17, 15) is 4.79 Å². The summed E-state index contributed by atoms with van der Waals surface area (Å²) in [5.41, 5.74) is 1.34. The van der Waals surface area contributed by atoms with Crippen LogP contribution in [0.2, 0.25) is 0 Å². The molecule has 0 spiro atoms. The first-order chi connectivity index (χ1) is 13.7. The third-order valence-electron chi connectivity index (χ3n) is 5.64. The van der Waals surface area contributed by atoms with E-state index in [1.54, 1.807) is 0 Å². The standard InChI is InChI=1S/C22H28N2O3S/c1-3-18-17-10-12-28-21(17)9-11-24(18)22(25)14-23(4-2)13-16-15-26-19-7-5-6-8-20(19)27-16/h5-8,10,12,16,18H,3-4,9,11,13-15H2,1-2H3. The zero-order valence-electron chi connectivity index (χ0n) is 16.6. The molecule has 3 heterocycles. The summed E-state index contributed by atoms with van der Waals surface area (Å²) >= 11 is 1.82. The Hall–Kier alpha value is -2.05. The Balaban J connectivity index is 1.38. The van der Waals surface area contributed by atoms with Crippen molar-refractivity contribution in [3.05, 3.63) is 46.2 Å². The lowest BCUT2D eigenvalue weighted by Crippen LogP contribution is -2.48. The number of hydrogen-bond donors (Lipinski definition) is 0. The molecule has 0 saturated heterocycles. The lowest BCUT2D eigenvalue weighted by Gasteiger charge is -2.37. The Morgan fingerprint density at radius 2 is 2.07 bits per heavy atom. The summed E-state index contributed by atoms with van der Waals surface area (Å²) in [4.78, 5) is 18.8. The van der Waals surface area contributed by atoms with E-state index in [2.05, 4.69) is 35.1 Å². The third kappa shape index (κ3) is 3.89. The van der Waals surface area contributed by atoms with E-state index < -0.39 is 0 Å². The van der Waals surface area contributed by atoms with Gasteiger partial charge in [0.15, 0.2) is 11.5 Å². The van der Waals surface area contributed by atoms with Crippen molar-refractivity contribution >= 4 is 17.2 Å². The summed E-state index contributed by atoms with van der Waals surface area (Å²) in [7, 11) is 0. The molecule has 0 fully saturated rings. The maximum atomic E-state index is 13.1. The van der Waals surface area contributed by atoms with Crippen LogP contribution in [0, 0.1) is 0 Å². The first-order valence-corrected chi connectivity index (χ1v) is 11.0. The second kappa shape index (κ2) is 8.53. The highest BCUT2D eigenvalue weighted by Gasteiger charge is 2.31. The third-order valence-corrected chi connectivity index (χ3v) is 6.63. The fraction of sp³-hybridized carbons (Fsp3) is 0.500. The van der Waals surface area contributed by atoms with E-state index in [4.69, 9.17) is 9.47 Å². The van der Waals surface area contributed by atoms with Crippen molar-refractivity contribution in [1.29, 1.82) is 0 Å². The largest absolute Gasteiger partial charge is 0.486 e. The zero-order valence-corrected chi connectivity index (χ0v) is 17.4. The number of carbonyl (C=O) groups excluding carboxylic acids is 1. The van der Waals surface area contributed by atoms with Crippen molar-refractivity contribution in [3.63, 3.8) is 0 Å². The Morgan fingerprint density at radius 3 is 2.86 bits per heavy atom. The van der Waals surface area contributed by atoms with Gasteiger partial charge in [-0.15, -0.1) is 11.3 Å². The van der Waals surface area contributed by atoms with E-state index in [0.717, 1.165) is 37.4 Å². The van der Waals surface area contributed by atoms with Gasteiger partial charge in [0.05, 0.1) is 12.6 Å². The van der Waals surface area contributed by atoms with Crippen LogP contribution in [-0.2, 0) is 11.2 Å². The molecule has 6 heteroatoms. The molecule has 0 radical (unpaired) electrons. The SMILES string of the molecule is CCC1c2ccsc2CCN1C(=O)CN(CC)CC1COc2ccccc2O1. The van der Waals surface area contributed by atoms with Crippen molar-refractivity contribution in [1.82, 2.24) is 9.80 Å². The van der Waals surface area contributed by atoms with E-state index >= 15 is 0 Å². The van der Waals surface area contributed by atoms with Crippen LogP contribution in [0.15, 0.2) is 35.7 Å². The molecule has 0 saturated carbocycles. The van der Waals surface area contributed by atoms with E-state index in [-0.39, 0.29) is 18.1 Å². The average Bonchev–Trinajstić information content (AvgIpc) is 3.21. The summed E-state index contributed by atoms with van der Waals surface area (Å²) in [6.07, 6.45) is 1.87. The summed E-state index contributed by atoms with van der Waals surface area (Å²) in [6.45, 7) is 7.51. The van der Waals surface area contributed by atoms with Gasteiger partial charge in [-0.1, -0.05) is 26.0 Å². The van der Waals surface area contributed by atoms with Crippen LogP contribution in [0.1, 0.15) is 36.8 Å². The fourth-order valence-electron chi connectivity index (χ4n) is 4.16. The fourth-order valence-corrected chi connectivity index (χ4v) is 5.09. The second-order valence-electron chi connectivity index (χ2n) is 7.39. The Kier molecular flexibility index (Phi) is 5.87. The van der Waals surface area contributed by atoms with Crippen LogP contribution in [0.5, 0.6) is 11.5 Å². The summed E-state index contributed by atoms with van der Waals surface area (Å²) < 4.78 is 11.9. The quantitative estimate of drug-likeness (QED) is 0.741. The molecule has 0 bridgehead atoms. The summed E-state index contributed by atoms with van der Waals surface area (Å²) in [5.74, 6) is 1.79. The molecule has 4 rings (SSSR count). The molecule has 1 aromatic carbocycles. The monoisotopic (exact) mass is 400 g/mol. The van der Waals surface area contributed by atoms with E-state index in [1.807, 2.05) is 35.6 Å². The number of likely N-dealkylation sites (N-methyl/N-ethyl adjacent to an activating group) is 1. The molecule has 1 aromatic heterocycles. The lowest BCUT2D eigenvalue weighted by atomic mass is 9.97. The van der Waals surface area contributed by atoms with Crippen molar-refractivity contribution < 1.29 is 14.3 Å². The topological polar surface area (TPSA) is 42.0 Å². The predicted molar refractivity (Wildman–Crippen MR) is 111 cm³/mol. The van der Waals surface area contributed by atoms with Crippen LogP contribution in [0.3, 0.4) is 0 Å². The van der Waals surface area contributed by atoms with Crippen LogP contribution in [0.25, 0.3) is 0 Å². The molecular weight excluding hydrogens is 372 g/mol. The van der Waals surface area contributed by atoms with E-state index in [1.165, 1.54) is 10.4 Å². The molecule has 2 aliphatic heterocycles. The average molecular weight is 401 g/mol. The van der Waals surface area contributed by atoms with Crippen LogP contribution in [-0.4, -0.2) is 54.6 Å². The minimum atomic E-state index is -0.0607. The number of amides is 1. The molecule has 2 unspecified atom stereocenters. The number of hydrogen-bond acceptors (Lipinski definition) is 5. The molecular formula is C22H28N2O3S. The maximum Gasteiger partial charge on any atom is 0.237 e. The van der Waals surface area contributed by atoms with Gasteiger partial charge in [-0.2, -0.15) is 0 Å². The Labute approximate surface area is 170 Å². The predicted octanol–water partition coefficient (Wildman–Crippen LogP) is 3.75. The molecule has 5 nitrogen and oxygen atoms in total. The number of nitrogens with zero attached hydrogens (tertiary/aromatic N) is 2. The normalized spacial score (nSPS) is 20.9. The Bertz CT molecular complexity index is 822.